The first-order valence-corrected chi connectivity index (χ1v) is 9.03. The van der Waals surface area contributed by atoms with Crippen LogP contribution in [0, 0.1) is 0 Å². The molecule has 0 radical (unpaired) electrons. The third-order valence-corrected chi connectivity index (χ3v) is 6.88. The Labute approximate surface area is 111 Å². The van der Waals surface area contributed by atoms with Crippen molar-refractivity contribution in [3.63, 3.8) is 0 Å². The van der Waals surface area contributed by atoms with Gasteiger partial charge in [0.25, 0.3) is 0 Å². The van der Waals surface area contributed by atoms with Crippen molar-refractivity contribution in [1.82, 2.24) is 8.15 Å². The highest BCUT2D eigenvalue weighted by Gasteiger charge is 2.28. The maximum atomic E-state index is 5.12. The molecule has 0 aliphatic rings. The van der Waals surface area contributed by atoms with Crippen molar-refractivity contribution in [3.05, 3.63) is 0 Å². The summed E-state index contributed by atoms with van der Waals surface area (Å²) in [6.07, 6.45) is 0. The van der Waals surface area contributed by atoms with Gasteiger partial charge in [0.1, 0.15) is 0 Å². The lowest BCUT2D eigenvalue weighted by Gasteiger charge is -2.36. The van der Waals surface area contributed by atoms with E-state index in [2.05, 4.69) is 49.7 Å². The molecule has 0 N–H and O–H groups in total. The third kappa shape index (κ3) is 5.97. The molecule has 0 aromatic rings. The monoisotopic (exact) mass is 300 g/mol. The Morgan fingerprint density at radius 2 is 1.07 bits per heavy atom. The number of hydrogen-bond acceptors (Lipinski definition) is 3. The smallest absolute Gasteiger partial charge is 0.0739 e. The molecule has 2 nitrogen and oxygen atoms in total. The van der Waals surface area contributed by atoms with Gasteiger partial charge in [0.05, 0.1) is 15.0 Å². The van der Waals surface area contributed by atoms with Gasteiger partial charge in [0.15, 0.2) is 0 Å². The molecule has 0 rings (SSSR count). The lowest BCUT2D eigenvalue weighted by Crippen LogP contribution is -2.36. The molecule has 0 fully saturated rings. The Bertz CT molecular complexity index is 211. The third-order valence-electron chi connectivity index (χ3n) is 1.45. The molecule has 15 heavy (non-hydrogen) atoms. The van der Waals surface area contributed by atoms with E-state index in [-0.39, 0.29) is 11.1 Å². The molecule has 0 unspecified atom stereocenters. The van der Waals surface area contributed by atoms with Gasteiger partial charge in [-0.05, 0) is 65.2 Å². The Hall–Kier alpha value is 1.31. The van der Waals surface area contributed by atoms with E-state index in [1.54, 1.807) is 12.1 Å². The van der Waals surface area contributed by atoms with Crippen LogP contribution in [-0.4, -0.2) is 19.2 Å². The second-order valence-electron chi connectivity index (χ2n) is 5.13. The topological polar surface area (TPSA) is 6.48 Å². The zero-order valence-electron chi connectivity index (χ0n) is 10.0. The molecular weight excluding hydrogens is 282 g/mol. The first-order chi connectivity index (χ1) is 6.62. The van der Waals surface area contributed by atoms with Crippen LogP contribution in [0.25, 0.3) is 0 Å². The molecule has 88 valence electrons. The van der Waals surface area contributed by atoms with Crippen molar-refractivity contribution in [3.8, 4) is 0 Å². The first-order valence-electron chi connectivity index (χ1n) is 4.58. The number of hydrogen-bond donors (Lipinski definition) is 0. The quantitative estimate of drug-likeness (QED) is 0.559. The van der Waals surface area contributed by atoms with Gasteiger partial charge in [-0.15, -0.1) is 0 Å². The summed E-state index contributed by atoms with van der Waals surface area (Å²) in [5, 5.41) is 0. The average Bonchev–Trinajstić information content (AvgIpc) is 2.01. The van der Waals surface area contributed by atoms with Gasteiger partial charge in [-0.25, -0.2) is 0 Å². The molecule has 7 heteroatoms. The molecule has 0 heterocycles. The maximum Gasteiger partial charge on any atom is 0.0739 e. The predicted octanol–water partition coefficient (Wildman–Crippen LogP) is 4.40. The van der Waals surface area contributed by atoms with Crippen LogP contribution in [-0.2, 0) is 23.6 Å². The lowest BCUT2D eigenvalue weighted by atomic mass is 10.1. The van der Waals surface area contributed by atoms with Crippen LogP contribution in [0.1, 0.15) is 41.5 Å². The lowest BCUT2D eigenvalue weighted by molar-refractivity contribution is 0.369. The molecule has 0 saturated heterocycles. The van der Waals surface area contributed by atoms with E-state index in [9.17, 15) is 0 Å². The fourth-order valence-electron chi connectivity index (χ4n) is 0.593. The van der Waals surface area contributed by atoms with Gasteiger partial charge in [-0.1, -0.05) is 0 Å². The molecule has 0 spiro atoms. The van der Waals surface area contributed by atoms with Crippen LogP contribution in [0.3, 0.4) is 0 Å². The van der Waals surface area contributed by atoms with E-state index in [1.807, 2.05) is 0 Å². The van der Waals surface area contributed by atoms with Crippen molar-refractivity contribution in [2.45, 2.75) is 52.6 Å². The standard InChI is InChI=1S/C8H18N2P2S3/c1-7(2,3)9(11-13)15-10(12-14)8(4,5)6/h1-6H3. The highest BCUT2D eigenvalue weighted by Crippen LogP contribution is 2.40. The highest BCUT2D eigenvalue weighted by molar-refractivity contribution is 8.10. The minimum Gasteiger partial charge on any atom is -0.173 e. The van der Waals surface area contributed by atoms with E-state index >= 15 is 0 Å². The van der Waals surface area contributed by atoms with E-state index in [0.29, 0.717) is 0 Å². The summed E-state index contributed by atoms with van der Waals surface area (Å²) in [6.45, 7) is 12.9. The normalized spacial score (nSPS) is 14.4. The van der Waals surface area contributed by atoms with Gasteiger partial charge < -0.3 is 0 Å². The Morgan fingerprint density at radius 1 is 0.800 bits per heavy atom. The van der Waals surface area contributed by atoms with Crippen LogP contribution < -0.4 is 0 Å². The van der Waals surface area contributed by atoms with Gasteiger partial charge in [-0.3, -0.25) is 0 Å². The molecule has 0 aromatic heterocycles. The second kappa shape index (κ2) is 6.30. The van der Waals surface area contributed by atoms with Crippen LogP contribution in [0.4, 0.5) is 0 Å². The fraction of sp³-hybridized carbons (Fsp3) is 1.00. The van der Waals surface area contributed by atoms with Gasteiger partial charge in [0.2, 0.25) is 0 Å². The highest BCUT2D eigenvalue weighted by atomic mass is 32.4. The number of rotatable bonds is 4. The minimum atomic E-state index is 0.0531. The molecule has 0 aromatic carbocycles. The van der Waals surface area contributed by atoms with Crippen molar-refractivity contribution in [2.75, 3.05) is 0 Å². The van der Waals surface area contributed by atoms with Gasteiger partial charge in [0, 0.05) is 23.2 Å². The summed E-state index contributed by atoms with van der Waals surface area (Å²) in [7, 11) is 1.69. The van der Waals surface area contributed by atoms with Crippen molar-refractivity contribution >= 4 is 50.8 Å². The van der Waals surface area contributed by atoms with E-state index in [0.717, 1.165) is 15.0 Å². The maximum absolute atomic E-state index is 5.12. The average molecular weight is 300 g/mol. The summed E-state index contributed by atoms with van der Waals surface area (Å²) in [5.74, 6) is 0. The molecule has 0 amide bonds. The predicted molar refractivity (Wildman–Crippen MR) is 79.3 cm³/mol. The van der Waals surface area contributed by atoms with E-state index < -0.39 is 0 Å². The van der Waals surface area contributed by atoms with Gasteiger partial charge in [-0.2, -0.15) is 8.15 Å². The summed E-state index contributed by atoms with van der Waals surface area (Å²) >= 11 is 11.9. The van der Waals surface area contributed by atoms with Gasteiger partial charge >= 0.3 is 0 Å². The zero-order chi connectivity index (χ0) is 12.3. The minimum absolute atomic E-state index is 0.0531. The summed E-state index contributed by atoms with van der Waals surface area (Å²) in [6, 6.07) is 0. The molecule has 0 aliphatic heterocycles. The summed E-state index contributed by atoms with van der Waals surface area (Å²) in [4.78, 5) is 0. The fourth-order valence-corrected chi connectivity index (χ4v) is 4.58. The van der Waals surface area contributed by atoms with E-state index in [1.165, 1.54) is 0 Å². The summed E-state index contributed by atoms with van der Waals surface area (Å²) in [5.41, 5.74) is 0.106. The summed E-state index contributed by atoms with van der Waals surface area (Å²) < 4.78 is 4.29. The molecule has 0 bridgehead atoms. The van der Waals surface area contributed by atoms with Crippen molar-refractivity contribution in [1.29, 1.82) is 0 Å². The first kappa shape index (κ1) is 16.3. The zero-order valence-corrected chi connectivity index (χ0v) is 14.3. The molecule has 0 saturated carbocycles. The van der Waals surface area contributed by atoms with Crippen molar-refractivity contribution in [2.24, 2.45) is 0 Å². The second-order valence-corrected chi connectivity index (χ2v) is 8.67. The molecule has 0 atom stereocenters. The van der Waals surface area contributed by atoms with Crippen LogP contribution in [0.5, 0.6) is 0 Å². The Morgan fingerprint density at radius 3 is 1.20 bits per heavy atom. The SMILES string of the molecule is CC(C)(C)N(P=S)SN(P=S)C(C)(C)C. The molecular formula is C8H18N2P2S3. The number of nitrogens with zero attached hydrogens (tertiary/aromatic N) is 2. The Balaban J connectivity index is 4.67. The van der Waals surface area contributed by atoms with Crippen LogP contribution in [0.2, 0.25) is 0 Å². The van der Waals surface area contributed by atoms with E-state index in [4.69, 9.17) is 23.6 Å². The van der Waals surface area contributed by atoms with Crippen molar-refractivity contribution < 1.29 is 0 Å². The largest absolute Gasteiger partial charge is 0.173 e. The Kier molecular flexibility index (Phi) is 6.85. The molecule has 0 aliphatic carbocycles. The van der Waals surface area contributed by atoms with Crippen LogP contribution in [0.15, 0.2) is 0 Å². The van der Waals surface area contributed by atoms with Crippen LogP contribution >= 0.6 is 27.1 Å².